The smallest absolute Gasteiger partial charge is 0.341 e. The number of carboxylic acids is 1. The number of hydrogen-bond donors (Lipinski definition) is 2. The van der Waals surface area contributed by atoms with Crippen LogP contribution in [-0.2, 0) is 7.05 Å². The average molecular weight is 249 g/mol. The maximum Gasteiger partial charge on any atom is 0.341 e. The Morgan fingerprint density at radius 2 is 2.22 bits per heavy atom. The largest absolute Gasteiger partial charge is 0.477 e. The Bertz CT molecular complexity index is 495. The minimum Gasteiger partial charge on any atom is -0.477 e. The number of rotatable bonds is 3. The molecule has 3 atom stereocenters. The van der Waals surface area contributed by atoms with Crippen LogP contribution in [0.1, 0.15) is 41.7 Å². The van der Waals surface area contributed by atoms with Gasteiger partial charge in [-0.05, 0) is 38.0 Å². The number of aromatic nitrogens is 2. The van der Waals surface area contributed by atoms with Gasteiger partial charge in [0, 0.05) is 13.1 Å². The quantitative estimate of drug-likeness (QED) is 0.860. The van der Waals surface area contributed by atoms with Crippen LogP contribution in [0.25, 0.3) is 0 Å². The van der Waals surface area contributed by atoms with E-state index in [1.54, 1.807) is 18.7 Å². The zero-order valence-electron chi connectivity index (χ0n) is 10.8. The highest BCUT2D eigenvalue weighted by molar-refractivity contribution is 5.94. The molecule has 5 heteroatoms. The summed E-state index contributed by atoms with van der Waals surface area (Å²) in [5.74, 6) is 1.32. The fraction of sp³-hybridized carbons (Fsp3) is 0.692. The lowest BCUT2D eigenvalue weighted by atomic mass is 9.95. The topological polar surface area (TPSA) is 67.2 Å². The fourth-order valence-electron chi connectivity index (χ4n) is 3.68. The molecule has 0 aliphatic heterocycles. The zero-order chi connectivity index (χ0) is 12.9. The average Bonchev–Trinajstić information content (AvgIpc) is 2.94. The predicted molar refractivity (Wildman–Crippen MR) is 67.8 cm³/mol. The van der Waals surface area contributed by atoms with E-state index in [2.05, 4.69) is 10.4 Å². The summed E-state index contributed by atoms with van der Waals surface area (Å²) in [6, 6.07) is 0.427. The minimum atomic E-state index is -0.897. The van der Waals surface area contributed by atoms with Crippen molar-refractivity contribution in [1.29, 1.82) is 0 Å². The van der Waals surface area contributed by atoms with Gasteiger partial charge in [0.05, 0.1) is 5.69 Å². The van der Waals surface area contributed by atoms with Crippen molar-refractivity contribution >= 4 is 11.8 Å². The van der Waals surface area contributed by atoms with Crippen molar-refractivity contribution in [3.63, 3.8) is 0 Å². The minimum absolute atomic E-state index is 0.320. The van der Waals surface area contributed by atoms with Crippen molar-refractivity contribution in [2.24, 2.45) is 18.9 Å². The molecule has 0 spiro atoms. The monoisotopic (exact) mass is 249 g/mol. The standard InChI is InChI=1S/C13H19N3O2/c1-7-11(13(17)18)12(16(2)15-7)14-10-6-8-3-4-9(10)5-8/h8-10,14H,3-6H2,1-2H3,(H,17,18). The van der Waals surface area contributed by atoms with Gasteiger partial charge >= 0.3 is 5.97 Å². The summed E-state index contributed by atoms with van der Waals surface area (Å²) in [5, 5.41) is 16.9. The summed E-state index contributed by atoms with van der Waals surface area (Å²) in [5.41, 5.74) is 0.899. The van der Waals surface area contributed by atoms with Gasteiger partial charge in [-0.3, -0.25) is 4.68 Å². The molecule has 0 aromatic carbocycles. The third-order valence-corrected chi connectivity index (χ3v) is 4.50. The first-order chi connectivity index (χ1) is 8.56. The Morgan fingerprint density at radius 1 is 1.44 bits per heavy atom. The van der Waals surface area contributed by atoms with Gasteiger partial charge in [-0.1, -0.05) is 6.42 Å². The number of aromatic carboxylic acids is 1. The summed E-state index contributed by atoms with van der Waals surface area (Å²) in [7, 11) is 1.80. The van der Waals surface area contributed by atoms with E-state index in [1.165, 1.54) is 25.7 Å². The first-order valence-corrected chi connectivity index (χ1v) is 6.59. The molecule has 5 nitrogen and oxygen atoms in total. The van der Waals surface area contributed by atoms with E-state index in [4.69, 9.17) is 0 Å². The molecule has 1 heterocycles. The lowest BCUT2D eigenvalue weighted by Gasteiger charge is -2.24. The van der Waals surface area contributed by atoms with Gasteiger partial charge in [-0.2, -0.15) is 5.10 Å². The molecule has 0 amide bonds. The molecule has 0 radical (unpaired) electrons. The number of aryl methyl sites for hydroxylation is 2. The molecule has 2 fully saturated rings. The van der Waals surface area contributed by atoms with E-state index < -0.39 is 5.97 Å². The second-order valence-corrected chi connectivity index (χ2v) is 5.66. The molecular weight excluding hydrogens is 230 g/mol. The molecule has 3 rings (SSSR count). The van der Waals surface area contributed by atoms with E-state index >= 15 is 0 Å². The second kappa shape index (κ2) is 4.00. The first-order valence-electron chi connectivity index (χ1n) is 6.59. The van der Waals surface area contributed by atoms with Crippen molar-refractivity contribution in [2.75, 3.05) is 5.32 Å². The number of nitrogens with zero attached hydrogens (tertiary/aromatic N) is 2. The lowest BCUT2D eigenvalue weighted by molar-refractivity contribution is 0.0697. The van der Waals surface area contributed by atoms with Crippen LogP contribution in [0, 0.1) is 18.8 Å². The highest BCUT2D eigenvalue weighted by Crippen LogP contribution is 2.45. The molecule has 2 aliphatic rings. The van der Waals surface area contributed by atoms with Crippen LogP contribution in [0.4, 0.5) is 5.82 Å². The number of carbonyl (C=O) groups is 1. The second-order valence-electron chi connectivity index (χ2n) is 5.66. The van der Waals surface area contributed by atoms with Gasteiger partial charge in [0.2, 0.25) is 0 Å². The Balaban J connectivity index is 1.86. The Labute approximate surface area is 106 Å². The van der Waals surface area contributed by atoms with Crippen molar-refractivity contribution in [3.05, 3.63) is 11.3 Å². The maximum absolute atomic E-state index is 11.3. The molecule has 1 aromatic rings. The van der Waals surface area contributed by atoms with Crippen LogP contribution in [0.2, 0.25) is 0 Å². The van der Waals surface area contributed by atoms with Gasteiger partial charge in [-0.15, -0.1) is 0 Å². The molecular formula is C13H19N3O2. The van der Waals surface area contributed by atoms with E-state index in [1.807, 2.05) is 0 Å². The molecule has 2 N–H and O–H groups in total. The number of carboxylic acid groups (broad SMARTS) is 1. The van der Waals surface area contributed by atoms with Gasteiger partial charge in [0.1, 0.15) is 11.4 Å². The summed E-state index contributed by atoms with van der Waals surface area (Å²) in [6.07, 6.45) is 5.10. The first kappa shape index (κ1) is 11.6. The molecule has 18 heavy (non-hydrogen) atoms. The number of hydrogen-bond acceptors (Lipinski definition) is 3. The number of fused-ring (bicyclic) bond motifs is 2. The highest BCUT2D eigenvalue weighted by atomic mass is 16.4. The number of nitrogens with one attached hydrogen (secondary N) is 1. The lowest BCUT2D eigenvalue weighted by Crippen LogP contribution is -2.27. The van der Waals surface area contributed by atoms with Crippen molar-refractivity contribution in [2.45, 2.75) is 38.6 Å². The summed E-state index contributed by atoms with van der Waals surface area (Å²) in [4.78, 5) is 11.3. The summed E-state index contributed by atoms with van der Waals surface area (Å²) >= 11 is 0. The summed E-state index contributed by atoms with van der Waals surface area (Å²) in [6.45, 7) is 1.75. The summed E-state index contributed by atoms with van der Waals surface area (Å²) < 4.78 is 1.66. The molecule has 0 saturated heterocycles. The highest BCUT2D eigenvalue weighted by Gasteiger charge is 2.40. The van der Waals surface area contributed by atoms with Crippen LogP contribution in [0.5, 0.6) is 0 Å². The number of anilines is 1. The molecule has 3 unspecified atom stereocenters. The van der Waals surface area contributed by atoms with Crippen LogP contribution >= 0.6 is 0 Å². The Kier molecular flexibility index (Phi) is 2.57. The molecule has 1 aromatic heterocycles. The van der Waals surface area contributed by atoms with Crippen molar-refractivity contribution < 1.29 is 9.90 Å². The van der Waals surface area contributed by atoms with Gasteiger partial charge < -0.3 is 10.4 Å². The molecule has 2 saturated carbocycles. The van der Waals surface area contributed by atoms with Gasteiger partial charge in [0.15, 0.2) is 0 Å². The SMILES string of the molecule is Cc1nn(C)c(NC2CC3CCC2C3)c1C(=O)O. The molecule has 2 bridgehead atoms. The maximum atomic E-state index is 11.3. The van der Waals surface area contributed by atoms with Crippen molar-refractivity contribution in [3.8, 4) is 0 Å². The molecule has 2 aliphatic carbocycles. The van der Waals surface area contributed by atoms with Crippen molar-refractivity contribution in [1.82, 2.24) is 9.78 Å². The van der Waals surface area contributed by atoms with Crippen LogP contribution in [0.15, 0.2) is 0 Å². The fourth-order valence-corrected chi connectivity index (χ4v) is 3.68. The van der Waals surface area contributed by atoms with E-state index in [-0.39, 0.29) is 0 Å². The predicted octanol–water partition coefficient (Wildman–Crippen LogP) is 2.03. The van der Waals surface area contributed by atoms with Gasteiger partial charge in [-0.25, -0.2) is 4.79 Å². The van der Waals surface area contributed by atoms with Crippen LogP contribution in [0.3, 0.4) is 0 Å². The molecule has 98 valence electrons. The third kappa shape index (κ3) is 1.69. The van der Waals surface area contributed by atoms with Gasteiger partial charge in [0.25, 0.3) is 0 Å². The van der Waals surface area contributed by atoms with E-state index in [0.29, 0.717) is 29.0 Å². The third-order valence-electron chi connectivity index (χ3n) is 4.50. The van der Waals surface area contributed by atoms with Crippen LogP contribution in [-0.4, -0.2) is 26.9 Å². The van der Waals surface area contributed by atoms with E-state index in [0.717, 1.165) is 5.92 Å². The normalized spacial score (nSPS) is 29.8. The van der Waals surface area contributed by atoms with E-state index in [9.17, 15) is 9.90 Å². The Morgan fingerprint density at radius 3 is 2.78 bits per heavy atom. The zero-order valence-corrected chi connectivity index (χ0v) is 10.8. The van der Waals surface area contributed by atoms with Crippen LogP contribution < -0.4 is 5.32 Å². The Hall–Kier alpha value is -1.52.